The molecule has 0 fully saturated rings. The highest BCUT2D eigenvalue weighted by Gasteiger charge is 2.25. The lowest BCUT2D eigenvalue weighted by molar-refractivity contribution is 1.33. The third-order valence-corrected chi connectivity index (χ3v) is 16.3. The molecule has 0 atom stereocenters. The second-order valence-corrected chi connectivity index (χ2v) is 19.5. The van der Waals surface area contributed by atoms with Crippen LogP contribution in [0, 0.1) is 0 Å². The van der Waals surface area contributed by atoms with Crippen molar-refractivity contribution in [2.75, 3.05) is 4.90 Å². The number of nitrogens with zero attached hydrogens (tertiary/aromatic N) is 1. The molecule has 0 unspecified atom stereocenters. The van der Waals surface area contributed by atoms with Gasteiger partial charge in [0.2, 0.25) is 0 Å². The molecule has 3 heterocycles. The van der Waals surface area contributed by atoms with Gasteiger partial charge in [0, 0.05) is 61.5 Å². The first-order chi connectivity index (χ1) is 31.7. The lowest BCUT2D eigenvalue weighted by Crippen LogP contribution is -2.10. The molecule has 10 aromatic carbocycles. The summed E-state index contributed by atoms with van der Waals surface area (Å²) >= 11 is 5.69. The highest BCUT2D eigenvalue weighted by molar-refractivity contribution is 7.27. The van der Waals surface area contributed by atoms with Gasteiger partial charge in [-0.2, -0.15) is 0 Å². The van der Waals surface area contributed by atoms with Crippen molar-refractivity contribution in [3.05, 3.63) is 224 Å². The number of hydrogen-bond donors (Lipinski definition) is 0. The molecule has 0 aliphatic rings. The minimum Gasteiger partial charge on any atom is -0.308 e. The molecule has 13 rings (SSSR count). The zero-order valence-electron chi connectivity index (χ0n) is 34.5. The molecule has 0 bridgehead atoms. The zero-order valence-corrected chi connectivity index (χ0v) is 37.0. The third kappa shape index (κ3) is 6.02. The van der Waals surface area contributed by atoms with Crippen LogP contribution in [0.15, 0.2) is 224 Å². The normalized spacial score (nSPS) is 11.8. The largest absolute Gasteiger partial charge is 0.308 e. The Balaban J connectivity index is 1.13. The van der Waals surface area contributed by atoms with Crippen LogP contribution >= 0.6 is 34.0 Å². The van der Waals surface area contributed by atoms with E-state index in [1.807, 2.05) is 34.0 Å². The molecule has 0 radical (unpaired) electrons. The summed E-state index contributed by atoms with van der Waals surface area (Å²) in [4.78, 5) is 2.57. The average Bonchev–Trinajstić information content (AvgIpc) is 4.07. The van der Waals surface area contributed by atoms with E-state index in [2.05, 4.69) is 229 Å². The standard InChI is InChI=1S/C60H37NS3/c1-5-16-38(17-6-1)42-28-30-49-55(36-42)64-60-46(41-22-11-4-12-23-41)33-34-51(57(49)60)61(52-26-15-25-48-47-24-13-14-27-53(47)62-58(48)52)43-29-35-54-50(37-43)56-44(39-18-7-2-8-19-39)31-32-45(59(56)63-54)40-20-9-3-10-21-40/h1-37H. The van der Waals surface area contributed by atoms with E-state index in [1.165, 1.54) is 116 Å². The van der Waals surface area contributed by atoms with Crippen molar-refractivity contribution < 1.29 is 0 Å². The summed E-state index contributed by atoms with van der Waals surface area (Å²) in [5, 5.41) is 7.68. The van der Waals surface area contributed by atoms with E-state index in [0.717, 1.165) is 5.69 Å². The summed E-state index contributed by atoms with van der Waals surface area (Å²) in [5.74, 6) is 0. The Bertz CT molecular complexity index is 3880. The van der Waals surface area contributed by atoms with E-state index >= 15 is 0 Å². The van der Waals surface area contributed by atoms with Gasteiger partial charge < -0.3 is 4.90 Å². The molecule has 0 aliphatic carbocycles. The van der Waals surface area contributed by atoms with Crippen molar-refractivity contribution in [1.29, 1.82) is 0 Å². The maximum atomic E-state index is 2.57. The van der Waals surface area contributed by atoms with Crippen LogP contribution in [-0.4, -0.2) is 0 Å². The number of anilines is 3. The van der Waals surface area contributed by atoms with Gasteiger partial charge in [-0.1, -0.05) is 182 Å². The summed E-state index contributed by atoms with van der Waals surface area (Å²) in [7, 11) is 0. The number of thiophene rings is 3. The van der Waals surface area contributed by atoms with Crippen molar-refractivity contribution in [2.45, 2.75) is 0 Å². The molecule has 300 valence electrons. The molecule has 0 saturated carbocycles. The van der Waals surface area contributed by atoms with Crippen LogP contribution in [0.25, 0.3) is 105 Å². The third-order valence-electron chi connectivity index (χ3n) is 12.7. The summed E-state index contributed by atoms with van der Waals surface area (Å²) in [6, 6.07) is 82.8. The Kier molecular flexibility index (Phi) is 8.83. The molecule has 1 nitrogen and oxygen atoms in total. The van der Waals surface area contributed by atoms with Gasteiger partial charge in [-0.15, -0.1) is 34.0 Å². The lowest BCUT2D eigenvalue weighted by atomic mass is 9.94. The van der Waals surface area contributed by atoms with E-state index in [9.17, 15) is 0 Å². The van der Waals surface area contributed by atoms with E-state index in [1.54, 1.807) is 0 Å². The van der Waals surface area contributed by atoms with Gasteiger partial charge in [-0.05, 0) is 87.0 Å². The van der Waals surface area contributed by atoms with Crippen LogP contribution in [0.2, 0.25) is 0 Å². The first-order valence-electron chi connectivity index (χ1n) is 21.7. The summed E-state index contributed by atoms with van der Waals surface area (Å²) < 4.78 is 7.73. The van der Waals surface area contributed by atoms with Gasteiger partial charge in [0.1, 0.15) is 0 Å². The SMILES string of the molecule is c1ccc(-c2ccc3c(c2)sc2c(-c4ccccc4)ccc(N(c4ccc5sc6c(-c7ccccc7)ccc(-c7ccccc7)c6c5c4)c4cccc5c4sc4ccccc45)c23)cc1. The molecule has 3 aromatic heterocycles. The molecule has 0 aliphatic heterocycles. The molecular weight excluding hydrogens is 831 g/mol. The highest BCUT2D eigenvalue weighted by atomic mass is 32.1. The van der Waals surface area contributed by atoms with Gasteiger partial charge in [0.05, 0.1) is 16.1 Å². The fourth-order valence-electron chi connectivity index (χ4n) is 9.73. The van der Waals surface area contributed by atoms with E-state index in [0.29, 0.717) is 0 Å². The molecule has 64 heavy (non-hydrogen) atoms. The van der Waals surface area contributed by atoms with Crippen molar-refractivity contribution in [2.24, 2.45) is 0 Å². The minimum absolute atomic E-state index is 1.13. The minimum atomic E-state index is 1.13. The zero-order chi connectivity index (χ0) is 42.1. The highest BCUT2D eigenvalue weighted by Crippen LogP contribution is 2.53. The van der Waals surface area contributed by atoms with Crippen LogP contribution in [0.5, 0.6) is 0 Å². The number of hydrogen-bond acceptors (Lipinski definition) is 4. The molecule has 13 aromatic rings. The Morgan fingerprint density at radius 2 is 0.812 bits per heavy atom. The average molecular weight is 868 g/mol. The maximum absolute atomic E-state index is 2.57. The Hall–Kier alpha value is -7.34. The summed E-state index contributed by atoms with van der Waals surface area (Å²) in [6.45, 7) is 0. The van der Waals surface area contributed by atoms with Crippen molar-refractivity contribution in [3.63, 3.8) is 0 Å². The monoisotopic (exact) mass is 867 g/mol. The first-order valence-corrected chi connectivity index (χ1v) is 24.1. The second kappa shape index (κ2) is 15.2. The van der Waals surface area contributed by atoms with Crippen LogP contribution in [0.4, 0.5) is 17.1 Å². The smallest absolute Gasteiger partial charge is 0.0640 e. The van der Waals surface area contributed by atoms with Crippen molar-refractivity contribution >= 4 is 112 Å². The predicted molar refractivity (Wildman–Crippen MR) is 282 cm³/mol. The topological polar surface area (TPSA) is 3.24 Å². The van der Waals surface area contributed by atoms with Gasteiger partial charge in [0.15, 0.2) is 0 Å². The molecule has 4 heteroatoms. The summed E-state index contributed by atoms with van der Waals surface area (Å²) in [5.41, 5.74) is 13.4. The van der Waals surface area contributed by atoms with E-state index < -0.39 is 0 Å². The predicted octanol–water partition coefficient (Wildman–Crippen LogP) is 18.9. The van der Waals surface area contributed by atoms with Crippen molar-refractivity contribution in [1.82, 2.24) is 0 Å². The second-order valence-electron chi connectivity index (χ2n) is 16.3. The fourth-order valence-corrected chi connectivity index (χ4v) is 13.5. The fraction of sp³-hybridized carbons (Fsp3) is 0. The molecule has 0 amide bonds. The molecular formula is C60H37NS3. The number of rotatable bonds is 7. The van der Waals surface area contributed by atoms with Gasteiger partial charge in [-0.3, -0.25) is 0 Å². The van der Waals surface area contributed by atoms with Crippen LogP contribution in [0.3, 0.4) is 0 Å². The molecule has 0 spiro atoms. The lowest BCUT2D eigenvalue weighted by Gasteiger charge is -2.28. The van der Waals surface area contributed by atoms with E-state index in [4.69, 9.17) is 0 Å². The number of benzene rings is 10. The molecule has 0 saturated heterocycles. The van der Waals surface area contributed by atoms with E-state index in [-0.39, 0.29) is 0 Å². The summed E-state index contributed by atoms with van der Waals surface area (Å²) in [6.07, 6.45) is 0. The first kappa shape index (κ1) is 37.2. The maximum Gasteiger partial charge on any atom is 0.0640 e. The van der Waals surface area contributed by atoms with Gasteiger partial charge >= 0.3 is 0 Å². The molecule has 0 N–H and O–H groups in total. The van der Waals surface area contributed by atoms with Gasteiger partial charge in [0.25, 0.3) is 0 Å². The number of fused-ring (bicyclic) bond motifs is 9. The Morgan fingerprint density at radius 1 is 0.266 bits per heavy atom. The van der Waals surface area contributed by atoms with Crippen LogP contribution < -0.4 is 4.90 Å². The van der Waals surface area contributed by atoms with Crippen LogP contribution in [-0.2, 0) is 0 Å². The van der Waals surface area contributed by atoms with Gasteiger partial charge in [-0.25, -0.2) is 0 Å². The Morgan fingerprint density at radius 3 is 1.53 bits per heavy atom. The van der Waals surface area contributed by atoms with Crippen molar-refractivity contribution in [3.8, 4) is 44.5 Å². The quantitative estimate of drug-likeness (QED) is 0.154. The van der Waals surface area contributed by atoms with Crippen LogP contribution in [0.1, 0.15) is 0 Å². The Labute approximate surface area is 383 Å².